The molecule has 0 fully saturated rings. The molecule has 0 saturated carbocycles. The van der Waals surface area contributed by atoms with Crippen molar-refractivity contribution in [2.75, 3.05) is 11.5 Å². The summed E-state index contributed by atoms with van der Waals surface area (Å²) in [7, 11) is -3.55. The minimum absolute atomic E-state index is 0.0338. The molecular weight excluding hydrogens is 361 g/mol. The number of nitrogen functional groups attached to an aromatic ring is 1. The van der Waals surface area contributed by atoms with E-state index in [2.05, 4.69) is 4.99 Å². The molecule has 1 aromatic carbocycles. The van der Waals surface area contributed by atoms with Gasteiger partial charge in [0.25, 0.3) is 0 Å². The number of hydrogen-bond acceptors (Lipinski definition) is 6. The second kappa shape index (κ2) is 5.74. The van der Waals surface area contributed by atoms with E-state index in [1.807, 2.05) is 6.07 Å². The SMILES string of the molecule is CC1(C)C(N)=N[C@](C)(C2SC(c3cccc(N)c3)=CC2F)CS1(=O)=O. The van der Waals surface area contributed by atoms with Gasteiger partial charge in [-0.05, 0) is 44.5 Å². The molecule has 3 atom stereocenters. The van der Waals surface area contributed by atoms with Crippen molar-refractivity contribution >= 4 is 38.0 Å². The molecule has 0 aliphatic carbocycles. The molecule has 2 heterocycles. The number of amidine groups is 1. The summed E-state index contributed by atoms with van der Waals surface area (Å²) in [4.78, 5) is 5.18. The lowest BCUT2D eigenvalue weighted by molar-refractivity contribution is 0.326. The number of sulfone groups is 1. The highest BCUT2D eigenvalue weighted by molar-refractivity contribution is 8.09. The first-order valence-corrected chi connectivity index (χ1v) is 10.5. The fraction of sp³-hybridized carbons (Fsp3) is 0.471. The van der Waals surface area contributed by atoms with Gasteiger partial charge in [-0.25, -0.2) is 12.8 Å². The van der Waals surface area contributed by atoms with Crippen molar-refractivity contribution in [3.05, 3.63) is 35.9 Å². The van der Waals surface area contributed by atoms with Gasteiger partial charge in [0, 0.05) is 10.6 Å². The van der Waals surface area contributed by atoms with Gasteiger partial charge in [-0.1, -0.05) is 12.1 Å². The molecule has 1 aromatic rings. The van der Waals surface area contributed by atoms with Crippen LogP contribution in [-0.2, 0) is 9.84 Å². The Hall–Kier alpha value is -1.54. The zero-order chi connectivity index (χ0) is 18.6. The molecule has 3 rings (SSSR count). The fourth-order valence-corrected chi connectivity index (χ4v) is 6.30. The van der Waals surface area contributed by atoms with Gasteiger partial charge >= 0.3 is 0 Å². The van der Waals surface area contributed by atoms with Crippen molar-refractivity contribution in [1.82, 2.24) is 0 Å². The van der Waals surface area contributed by atoms with Crippen LogP contribution in [0.1, 0.15) is 26.3 Å². The summed E-state index contributed by atoms with van der Waals surface area (Å²) in [6, 6.07) is 7.19. The molecule has 136 valence electrons. The monoisotopic (exact) mass is 383 g/mol. The lowest BCUT2D eigenvalue weighted by Gasteiger charge is -2.40. The third-order valence-corrected chi connectivity index (χ3v) is 9.27. The van der Waals surface area contributed by atoms with Gasteiger partial charge in [0.2, 0.25) is 0 Å². The molecule has 0 radical (unpaired) electrons. The standard InChI is InChI=1S/C17H22FN3O2S2/c1-16(2)15(20)21-17(3,9-25(16,22)23)14-12(18)8-13(24-14)10-5-4-6-11(19)7-10/h4-8,12,14H,9,19H2,1-3H3,(H2,20,21)/t12?,14?,17-/m0/s1. The average Bonchev–Trinajstić information content (AvgIpc) is 2.88. The third kappa shape index (κ3) is 2.95. The molecule has 0 amide bonds. The van der Waals surface area contributed by atoms with Crippen LogP contribution in [0.15, 0.2) is 35.3 Å². The second-order valence-electron chi connectivity index (χ2n) is 7.26. The lowest BCUT2D eigenvalue weighted by atomic mass is 9.95. The molecule has 0 saturated heterocycles. The summed E-state index contributed by atoms with van der Waals surface area (Å²) in [6.07, 6.45) is 0.187. The summed E-state index contributed by atoms with van der Waals surface area (Å²) < 4.78 is 38.9. The van der Waals surface area contributed by atoms with Crippen molar-refractivity contribution in [3.8, 4) is 0 Å². The van der Waals surface area contributed by atoms with Crippen molar-refractivity contribution in [3.63, 3.8) is 0 Å². The van der Waals surface area contributed by atoms with Crippen LogP contribution in [0.2, 0.25) is 0 Å². The van der Waals surface area contributed by atoms with E-state index in [-0.39, 0.29) is 11.6 Å². The van der Waals surface area contributed by atoms with E-state index in [1.54, 1.807) is 25.1 Å². The summed E-state index contributed by atoms with van der Waals surface area (Å²) in [5.74, 6) is -0.199. The summed E-state index contributed by atoms with van der Waals surface area (Å²) in [5.41, 5.74) is 12.0. The first-order chi connectivity index (χ1) is 11.5. The number of anilines is 1. The summed E-state index contributed by atoms with van der Waals surface area (Å²) in [6.45, 7) is 4.73. The Morgan fingerprint density at radius 1 is 1.28 bits per heavy atom. The molecule has 8 heteroatoms. The van der Waals surface area contributed by atoms with Crippen LogP contribution in [0, 0.1) is 0 Å². The van der Waals surface area contributed by atoms with E-state index in [4.69, 9.17) is 11.5 Å². The Balaban J connectivity index is 1.95. The van der Waals surface area contributed by atoms with E-state index in [1.165, 1.54) is 31.7 Å². The first-order valence-electron chi connectivity index (χ1n) is 7.93. The van der Waals surface area contributed by atoms with Crippen LogP contribution in [0.4, 0.5) is 10.1 Å². The van der Waals surface area contributed by atoms with Crippen LogP contribution >= 0.6 is 11.8 Å². The van der Waals surface area contributed by atoms with Gasteiger partial charge in [-0.15, -0.1) is 11.8 Å². The smallest absolute Gasteiger partial charge is 0.165 e. The number of aliphatic imine (C=N–C) groups is 1. The minimum atomic E-state index is -3.55. The number of nitrogens with zero attached hydrogens (tertiary/aromatic N) is 1. The molecule has 4 N–H and O–H groups in total. The Kier molecular flexibility index (Phi) is 4.19. The van der Waals surface area contributed by atoms with E-state index in [0.717, 1.165) is 10.5 Å². The maximum atomic E-state index is 14.8. The predicted molar refractivity (Wildman–Crippen MR) is 103 cm³/mol. The largest absolute Gasteiger partial charge is 0.399 e. The van der Waals surface area contributed by atoms with Crippen LogP contribution < -0.4 is 11.5 Å². The Bertz CT molecular complexity index is 880. The van der Waals surface area contributed by atoms with E-state index < -0.39 is 31.5 Å². The molecule has 2 aliphatic rings. The molecular formula is C17H22FN3O2S2. The number of nitrogens with two attached hydrogens (primary N) is 2. The zero-order valence-corrected chi connectivity index (χ0v) is 16.0. The van der Waals surface area contributed by atoms with E-state index >= 15 is 0 Å². The second-order valence-corrected chi connectivity index (χ2v) is 11.0. The van der Waals surface area contributed by atoms with Gasteiger partial charge < -0.3 is 11.5 Å². The number of allylic oxidation sites excluding steroid dienone is 1. The van der Waals surface area contributed by atoms with Crippen LogP contribution in [0.5, 0.6) is 0 Å². The highest BCUT2D eigenvalue weighted by Crippen LogP contribution is 2.48. The molecule has 0 bridgehead atoms. The number of hydrogen-bond donors (Lipinski definition) is 2. The number of halogens is 1. The minimum Gasteiger partial charge on any atom is -0.399 e. The number of alkyl halides is 1. The Morgan fingerprint density at radius 3 is 2.56 bits per heavy atom. The van der Waals surface area contributed by atoms with Gasteiger partial charge in [-0.3, -0.25) is 4.99 Å². The Morgan fingerprint density at radius 2 is 1.96 bits per heavy atom. The topological polar surface area (TPSA) is 98.5 Å². The number of thioether (sulfide) groups is 1. The first kappa shape index (κ1) is 18.3. The number of benzene rings is 1. The molecule has 5 nitrogen and oxygen atoms in total. The summed E-state index contributed by atoms with van der Waals surface area (Å²) in [5, 5.41) is -0.659. The van der Waals surface area contributed by atoms with Gasteiger partial charge in [-0.2, -0.15) is 0 Å². The third-order valence-electron chi connectivity index (χ3n) is 4.89. The lowest BCUT2D eigenvalue weighted by Crippen LogP contribution is -2.59. The van der Waals surface area contributed by atoms with Crippen molar-refractivity contribution in [1.29, 1.82) is 0 Å². The van der Waals surface area contributed by atoms with Crippen molar-refractivity contribution in [2.45, 2.75) is 42.5 Å². The molecule has 2 unspecified atom stereocenters. The zero-order valence-electron chi connectivity index (χ0n) is 14.4. The van der Waals surface area contributed by atoms with E-state index in [9.17, 15) is 12.8 Å². The predicted octanol–water partition coefficient (Wildman–Crippen LogP) is 2.39. The summed E-state index contributed by atoms with van der Waals surface area (Å²) >= 11 is 1.29. The van der Waals surface area contributed by atoms with Gasteiger partial charge in [0.15, 0.2) is 9.84 Å². The quantitative estimate of drug-likeness (QED) is 0.764. The molecule has 2 aliphatic heterocycles. The fourth-order valence-electron chi connectivity index (χ4n) is 3.11. The number of rotatable bonds is 2. The maximum Gasteiger partial charge on any atom is 0.165 e. The van der Waals surface area contributed by atoms with Crippen LogP contribution in [-0.4, -0.2) is 41.7 Å². The average molecular weight is 384 g/mol. The highest BCUT2D eigenvalue weighted by Gasteiger charge is 2.54. The maximum absolute atomic E-state index is 14.8. The van der Waals surface area contributed by atoms with E-state index in [0.29, 0.717) is 5.69 Å². The van der Waals surface area contributed by atoms with Gasteiger partial charge in [0.1, 0.15) is 16.8 Å². The van der Waals surface area contributed by atoms with Crippen molar-refractivity contribution < 1.29 is 12.8 Å². The normalized spacial score (nSPS) is 33.6. The van der Waals surface area contributed by atoms with Crippen molar-refractivity contribution in [2.24, 2.45) is 10.7 Å². The highest BCUT2D eigenvalue weighted by atomic mass is 32.2. The molecule has 0 spiro atoms. The Labute approximate surface area is 151 Å². The van der Waals surface area contributed by atoms with Crippen LogP contribution in [0.25, 0.3) is 4.91 Å². The van der Waals surface area contributed by atoms with Gasteiger partial charge in [0.05, 0.1) is 16.5 Å². The molecule has 0 aromatic heterocycles. The van der Waals surface area contributed by atoms with Crippen LogP contribution in [0.3, 0.4) is 0 Å². The molecule has 25 heavy (non-hydrogen) atoms.